The van der Waals surface area contributed by atoms with Gasteiger partial charge in [0.15, 0.2) is 0 Å². The monoisotopic (exact) mass is 264 g/mol. The third-order valence-corrected chi connectivity index (χ3v) is 4.57. The largest absolute Gasteiger partial charge is 0.481 e. The highest BCUT2D eigenvalue weighted by Gasteiger charge is 2.41. The molecule has 2 saturated heterocycles. The highest BCUT2D eigenvalue weighted by atomic mass is 16.4. The van der Waals surface area contributed by atoms with Crippen molar-refractivity contribution in [3.05, 3.63) is 12.2 Å². The van der Waals surface area contributed by atoms with E-state index >= 15 is 0 Å². The maximum atomic E-state index is 10.8. The van der Waals surface area contributed by atoms with E-state index in [4.69, 9.17) is 5.11 Å². The van der Waals surface area contributed by atoms with Crippen molar-refractivity contribution in [1.29, 1.82) is 0 Å². The van der Waals surface area contributed by atoms with Crippen LogP contribution in [-0.2, 0) is 18.4 Å². The number of fused-ring (bicyclic) bond motifs is 2. The number of carboxylic acid groups (broad SMARTS) is 1. The molecule has 2 fully saturated rings. The van der Waals surface area contributed by atoms with Gasteiger partial charge in [-0.05, 0) is 31.6 Å². The van der Waals surface area contributed by atoms with E-state index < -0.39 is 5.97 Å². The summed E-state index contributed by atoms with van der Waals surface area (Å²) in [7, 11) is 1.92. The predicted octanol–water partition coefficient (Wildman–Crippen LogP) is 1.03. The second-order valence-electron chi connectivity index (χ2n) is 5.79. The fraction of sp³-hybridized carbons (Fsp3) is 0.769. The molecule has 1 aromatic heterocycles. The Kier molecular flexibility index (Phi) is 3.26. The van der Waals surface area contributed by atoms with Crippen LogP contribution in [0.5, 0.6) is 0 Å². The molecule has 6 nitrogen and oxygen atoms in total. The van der Waals surface area contributed by atoms with Crippen LogP contribution in [0.4, 0.5) is 0 Å². The summed E-state index contributed by atoms with van der Waals surface area (Å²) in [6.45, 7) is 0.839. The SMILES string of the molecule is Cn1ncnc1CN1C2CCC1CC(CC(=O)O)C2. The molecule has 0 radical (unpaired) electrons. The summed E-state index contributed by atoms with van der Waals surface area (Å²) < 4.78 is 1.82. The minimum absolute atomic E-state index is 0.324. The van der Waals surface area contributed by atoms with Crippen molar-refractivity contribution in [3.63, 3.8) is 0 Å². The zero-order chi connectivity index (χ0) is 13.4. The molecule has 2 unspecified atom stereocenters. The van der Waals surface area contributed by atoms with Crippen LogP contribution in [0.15, 0.2) is 6.33 Å². The molecule has 0 aromatic carbocycles. The molecular weight excluding hydrogens is 244 g/mol. The molecule has 104 valence electrons. The fourth-order valence-corrected chi connectivity index (χ4v) is 3.69. The fourth-order valence-electron chi connectivity index (χ4n) is 3.69. The minimum Gasteiger partial charge on any atom is -0.481 e. The number of hydrogen-bond donors (Lipinski definition) is 1. The molecule has 0 saturated carbocycles. The van der Waals surface area contributed by atoms with E-state index in [1.165, 1.54) is 12.8 Å². The van der Waals surface area contributed by atoms with Crippen molar-refractivity contribution in [3.8, 4) is 0 Å². The standard InChI is InChI=1S/C13H20N4O2/c1-16-12(14-8-15-16)7-17-10-2-3-11(17)5-9(4-10)6-13(18)19/h8-11H,2-7H2,1H3,(H,18,19). The summed E-state index contributed by atoms with van der Waals surface area (Å²) in [6, 6.07) is 1.06. The molecule has 1 aromatic rings. The number of piperidine rings is 1. The van der Waals surface area contributed by atoms with Crippen LogP contribution in [-0.4, -0.2) is 42.8 Å². The summed E-state index contributed by atoms with van der Waals surface area (Å²) in [5.41, 5.74) is 0. The van der Waals surface area contributed by atoms with Crippen LogP contribution < -0.4 is 0 Å². The number of aromatic nitrogens is 3. The maximum Gasteiger partial charge on any atom is 0.303 e. The molecule has 2 aliphatic heterocycles. The molecule has 0 spiro atoms. The van der Waals surface area contributed by atoms with Gasteiger partial charge >= 0.3 is 5.97 Å². The second kappa shape index (κ2) is 4.92. The average Bonchev–Trinajstić information content (AvgIpc) is 2.83. The average molecular weight is 264 g/mol. The van der Waals surface area contributed by atoms with Crippen LogP contribution in [0, 0.1) is 5.92 Å². The van der Waals surface area contributed by atoms with E-state index in [1.807, 2.05) is 11.7 Å². The lowest BCUT2D eigenvalue weighted by Gasteiger charge is -2.38. The van der Waals surface area contributed by atoms with Gasteiger partial charge in [0.05, 0.1) is 6.54 Å². The molecule has 3 heterocycles. The lowest BCUT2D eigenvalue weighted by Crippen LogP contribution is -2.43. The molecule has 3 rings (SSSR count). The van der Waals surface area contributed by atoms with Crippen molar-refractivity contribution in [2.45, 2.75) is 50.7 Å². The van der Waals surface area contributed by atoms with Gasteiger partial charge in [-0.1, -0.05) is 0 Å². The Balaban J connectivity index is 1.66. The second-order valence-corrected chi connectivity index (χ2v) is 5.79. The van der Waals surface area contributed by atoms with E-state index in [2.05, 4.69) is 15.0 Å². The number of aliphatic carboxylic acids is 1. The van der Waals surface area contributed by atoms with Gasteiger partial charge in [0.1, 0.15) is 12.2 Å². The first-order valence-corrected chi connectivity index (χ1v) is 6.94. The minimum atomic E-state index is -0.661. The molecule has 0 aliphatic carbocycles. The molecule has 0 amide bonds. The molecule has 2 aliphatic rings. The molecule has 19 heavy (non-hydrogen) atoms. The van der Waals surface area contributed by atoms with Gasteiger partial charge in [-0.15, -0.1) is 0 Å². The third-order valence-electron chi connectivity index (χ3n) is 4.57. The Morgan fingerprint density at radius 1 is 1.42 bits per heavy atom. The Morgan fingerprint density at radius 2 is 2.11 bits per heavy atom. The highest BCUT2D eigenvalue weighted by Crippen LogP contribution is 2.40. The number of rotatable bonds is 4. The smallest absolute Gasteiger partial charge is 0.303 e. The van der Waals surface area contributed by atoms with Crippen molar-refractivity contribution in [2.75, 3.05) is 0 Å². The van der Waals surface area contributed by atoms with Gasteiger partial charge in [0.2, 0.25) is 0 Å². The van der Waals surface area contributed by atoms with Crippen LogP contribution >= 0.6 is 0 Å². The van der Waals surface area contributed by atoms with Crippen LogP contribution in [0.25, 0.3) is 0 Å². The molecule has 1 N–H and O–H groups in total. The van der Waals surface area contributed by atoms with E-state index in [9.17, 15) is 4.79 Å². The van der Waals surface area contributed by atoms with Gasteiger partial charge in [-0.25, -0.2) is 4.98 Å². The van der Waals surface area contributed by atoms with Crippen molar-refractivity contribution < 1.29 is 9.90 Å². The van der Waals surface area contributed by atoms with Gasteiger partial charge in [-0.2, -0.15) is 5.10 Å². The van der Waals surface area contributed by atoms with Gasteiger partial charge in [-0.3, -0.25) is 14.4 Å². The number of hydrogen-bond acceptors (Lipinski definition) is 4. The van der Waals surface area contributed by atoms with Crippen molar-refractivity contribution in [2.24, 2.45) is 13.0 Å². The Bertz CT molecular complexity index is 459. The van der Waals surface area contributed by atoms with E-state index in [1.54, 1.807) is 6.33 Å². The lowest BCUT2D eigenvalue weighted by molar-refractivity contribution is -0.138. The molecule has 2 bridgehead atoms. The first-order valence-electron chi connectivity index (χ1n) is 6.94. The first-order chi connectivity index (χ1) is 9.13. The van der Waals surface area contributed by atoms with Gasteiger partial charge < -0.3 is 5.11 Å². The molecule has 2 atom stereocenters. The zero-order valence-corrected chi connectivity index (χ0v) is 11.2. The topological polar surface area (TPSA) is 71.2 Å². The number of aryl methyl sites for hydroxylation is 1. The summed E-state index contributed by atoms with van der Waals surface area (Å²) in [5.74, 6) is 0.686. The number of nitrogens with zero attached hydrogens (tertiary/aromatic N) is 4. The number of carbonyl (C=O) groups is 1. The summed E-state index contributed by atoms with van der Waals surface area (Å²) >= 11 is 0. The van der Waals surface area contributed by atoms with Crippen LogP contribution in [0.2, 0.25) is 0 Å². The summed E-state index contributed by atoms with van der Waals surface area (Å²) in [4.78, 5) is 17.6. The zero-order valence-electron chi connectivity index (χ0n) is 11.2. The maximum absolute atomic E-state index is 10.8. The van der Waals surface area contributed by atoms with Gasteiger partial charge in [0, 0.05) is 25.6 Å². The summed E-state index contributed by atoms with van der Waals surface area (Å²) in [6.07, 6.45) is 6.33. The van der Waals surface area contributed by atoms with E-state index in [-0.39, 0.29) is 0 Å². The van der Waals surface area contributed by atoms with Crippen molar-refractivity contribution >= 4 is 5.97 Å². The Morgan fingerprint density at radius 3 is 2.63 bits per heavy atom. The van der Waals surface area contributed by atoms with E-state index in [0.717, 1.165) is 25.2 Å². The predicted molar refractivity (Wildman–Crippen MR) is 68.3 cm³/mol. The van der Waals surface area contributed by atoms with Crippen LogP contribution in [0.3, 0.4) is 0 Å². The van der Waals surface area contributed by atoms with E-state index in [0.29, 0.717) is 24.4 Å². The summed E-state index contributed by atoms with van der Waals surface area (Å²) in [5, 5.41) is 13.0. The van der Waals surface area contributed by atoms with Crippen molar-refractivity contribution in [1.82, 2.24) is 19.7 Å². The third kappa shape index (κ3) is 2.49. The van der Waals surface area contributed by atoms with Gasteiger partial charge in [0.25, 0.3) is 0 Å². The van der Waals surface area contributed by atoms with Crippen LogP contribution in [0.1, 0.15) is 37.9 Å². The Hall–Kier alpha value is -1.43. The highest BCUT2D eigenvalue weighted by molar-refractivity contribution is 5.67. The first kappa shape index (κ1) is 12.6. The lowest BCUT2D eigenvalue weighted by atomic mass is 9.88. The number of carboxylic acids is 1. The normalized spacial score (nSPS) is 30.7. The molecular formula is C13H20N4O2. The molecule has 6 heteroatoms. The quantitative estimate of drug-likeness (QED) is 0.879. The Labute approximate surface area is 112 Å².